The Morgan fingerprint density at radius 2 is 1.58 bits per heavy atom. The number of carbonyl (C=O) groups excluding carboxylic acids is 1. The third-order valence-corrected chi connectivity index (χ3v) is 8.72. The Hall–Kier alpha value is -3.22. The van der Waals surface area contributed by atoms with Crippen molar-refractivity contribution in [1.82, 2.24) is 5.32 Å². The minimum Gasteiger partial charge on any atom is -0.399 e. The summed E-state index contributed by atoms with van der Waals surface area (Å²) in [5.41, 5.74) is 11.5. The number of Topliss-reactive ketones (excluding diaryl/α,β-unsaturated/α-hetero) is 1. The number of rotatable bonds is 8. The van der Waals surface area contributed by atoms with Gasteiger partial charge in [0.1, 0.15) is 0 Å². The zero-order chi connectivity index (χ0) is 25.9. The van der Waals surface area contributed by atoms with Crippen molar-refractivity contribution in [2.45, 2.75) is 57.0 Å². The molecule has 0 radical (unpaired) electrons. The highest BCUT2D eigenvalue weighted by atomic mass is 32.2. The molecule has 0 fully saturated rings. The van der Waals surface area contributed by atoms with Crippen LogP contribution in [-0.4, -0.2) is 26.0 Å². The van der Waals surface area contributed by atoms with Crippen LogP contribution in [0.3, 0.4) is 0 Å². The van der Waals surface area contributed by atoms with Gasteiger partial charge < -0.3 is 11.1 Å². The van der Waals surface area contributed by atoms with Crippen LogP contribution in [0.2, 0.25) is 0 Å². The first-order valence-corrected chi connectivity index (χ1v) is 14.2. The fourth-order valence-electron chi connectivity index (χ4n) is 4.64. The number of aryl methyl sites for hydroxylation is 1. The van der Waals surface area contributed by atoms with Gasteiger partial charge in [-0.2, -0.15) is 0 Å². The van der Waals surface area contributed by atoms with Crippen molar-refractivity contribution >= 4 is 27.4 Å². The van der Waals surface area contributed by atoms with Crippen molar-refractivity contribution in [2.75, 3.05) is 11.5 Å². The standard InChI is InChI=1S/C30H34N2O3S/c1-4-27(5-2)32-29(22-10-13-26(31)14-11-22)30(33)24-16-17-36(34,35)28-15-12-23(18-25(28)19-24)21-8-6-20(3)7-9-21/h6-15,18-19,27,29,32H,4-5,16-17,31H2,1-3H3. The second-order valence-electron chi connectivity index (χ2n) is 9.50. The van der Waals surface area contributed by atoms with Crippen molar-refractivity contribution in [2.24, 2.45) is 0 Å². The van der Waals surface area contributed by atoms with Gasteiger partial charge in [-0.05, 0) is 84.4 Å². The molecule has 0 spiro atoms. The quantitative estimate of drug-likeness (QED) is 0.375. The lowest BCUT2D eigenvalue weighted by molar-refractivity contribution is -0.117. The van der Waals surface area contributed by atoms with E-state index in [2.05, 4.69) is 19.2 Å². The Bertz CT molecular complexity index is 1370. The summed E-state index contributed by atoms with van der Waals surface area (Å²) in [4.78, 5) is 14.2. The van der Waals surface area contributed by atoms with Gasteiger partial charge in [0.15, 0.2) is 15.6 Å². The van der Waals surface area contributed by atoms with Gasteiger partial charge in [-0.1, -0.05) is 61.9 Å². The Morgan fingerprint density at radius 3 is 2.22 bits per heavy atom. The molecular weight excluding hydrogens is 468 g/mol. The van der Waals surface area contributed by atoms with E-state index in [0.29, 0.717) is 16.8 Å². The number of sulfone groups is 1. The molecule has 1 aliphatic rings. The molecule has 36 heavy (non-hydrogen) atoms. The maximum Gasteiger partial charge on any atom is 0.180 e. The van der Waals surface area contributed by atoms with Gasteiger partial charge in [0.25, 0.3) is 0 Å². The predicted octanol–water partition coefficient (Wildman–Crippen LogP) is 5.89. The van der Waals surface area contributed by atoms with Crippen LogP contribution in [0.5, 0.6) is 0 Å². The van der Waals surface area contributed by atoms with Crippen molar-refractivity contribution < 1.29 is 13.2 Å². The zero-order valence-corrected chi connectivity index (χ0v) is 21.9. The van der Waals surface area contributed by atoms with Crippen molar-refractivity contribution in [1.29, 1.82) is 0 Å². The normalized spacial score (nSPS) is 15.6. The molecule has 1 heterocycles. The number of carbonyl (C=O) groups is 1. The largest absolute Gasteiger partial charge is 0.399 e. The van der Waals surface area contributed by atoms with Gasteiger partial charge in [-0.25, -0.2) is 8.42 Å². The molecule has 1 aliphatic heterocycles. The molecular formula is C30H34N2O3S. The number of hydrogen-bond acceptors (Lipinski definition) is 5. The minimum atomic E-state index is -3.52. The van der Waals surface area contributed by atoms with Crippen LogP contribution in [-0.2, 0) is 14.6 Å². The lowest BCUT2D eigenvalue weighted by atomic mass is 9.92. The van der Waals surface area contributed by atoms with E-state index >= 15 is 0 Å². The number of ketones is 1. The molecule has 0 saturated heterocycles. The number of anilines is 1. The van der Waals surface area contributed by atoms with Crippen LogP contribution in [0, 0.1) is 6.92 Å². The Labute approximate surface area is 214 Å². The second-order valence-corrected chi connectivity index (χ2v) is 11.6. The molecule has 0 saturated carbocycles. The summed E-state index contributed by atoms with van der Waals surface area (Å²) in [6.45, 7) is 6.21. The summed E-state index contributed by atoms with van der Waals surface area (Å²) in [6, 6.07) is 20.4. The Balaban J connectivity index is 1.77. The lowest BCUT2D eigenvalue weighted by Gasteiger charge is -2.25. The summed E-state index contributed by atoms with van der Waals surface area (Å²) in [5, 5.41) is 3.51. The predicted molar refractivity (Wildman–Crippen MR) is 147 cm³/mol. The maximum atomic E-state index is 14.0. The van der Waals surface area contributed by atoms with Crippen LogP contribution in [0.4, 0.5) is 5.69 Å². The molecule has 3 N–H and O–H groups in total. The van der Waals surface area contributed by atoms with Gasteiger partial charge in [0, 0.05) is 11.7 Å². The van der Waals surface area contributed by atoms with E-state index in [1.807, 2.05) is 55.5 Å². The molecule has 0 amide bonds. The molecule has 1 atom stereocenters. The highest BCUT2D eigenvalue weighted by Gasteiger charge is 2.30. The Morgan fingerprint density at radius 1 is 0.944 bits per heavy atom. The fourth-order valence-corrected chi connectivity index (χ4v) is 6.10. The van der Waals surface area contributed by atoms with Crippen LogP contribution < -0.4 is 11.1 Å². The molecule has 6 heteroatoms. The monoisotopic (exact) mass is 502 g/mol. The van der Waals surface area contributed by atoms with E-state index in [0.717, 1.165) is 35.1 Å². The van der Waals surface area contributed by atoms with E-state index in [9.17, 15) is 13.2 Å². The minimum absolute atomic E-state index is 0.0963. The van der Waals surface area contributed by atoms with Gasteiger partial charge in [-0.15, -0.1) is 0 Å². The highest BCUT2D eigenvalue weighted by Crippen LogP contribution is 2.33. The van der Waals surface area contributed by atoms with Gasteiger partial charge in [0.2, 0.25) is 0 Å². The van der Waals surface area contributed by atoms with Crippen LogP contribution in [0.25, 0.3) is 17.2 Å². The first kappa shape index (κ1) is 25.9. The molecule has 0 aliphatic carbocycles. The van der Waals surface area contributed by atoms with E-state index in [1.54, 1.807) is 24.3 Å². The smallest absolute Gasteiger partial charge is 0.180 e. The third-order valence-electron chi connectivity index (χ3n) is 6.94. The average Bonchev–Trinajstić information content (AvgIpc) is 3.01. The zero-order valence-electron chi connectivity index (χ0n) is 21.1. The average molecular weight is 503 g/mol. The third kappa shape index (κ3) is 5.61. The van der Waals surface area contributed by atoms with E-state index in [1.165, 1.54) is 0 Å². The van der Waals surface area contributed by atoms with Crippen molar-refractivity contribution in [3.63, 3.8) is 0 Å². The second kappa shape index (κ2) is 10.8. The number of benzene rings is 3. The molecule has 3 aromatic carbocycles. The first-order valence-electron chi connectivity index (χ1n) is 12.5. The maximum absolute atomic E-state index is 14.0. The van der Waals surface area contributed by atoms with Crippen LogP contribution in [0.1, 0.15) is 55.8 Å². The van der Waals surface area contributed by atoms with Crippen molar-refractivity contribution in [3.8, 4) is 11.1 Å². The summed E-state index contributed by atoms with van der Waals surface area (Å²) in [6.07, 6.45) is 3.71. The van der Waals surface area contributed by atoms with E-state index in [4.69, 9.17) is 5.73 Å². The summed E-state index contributed by atoms with van der Waals surface area (Å²) in [5.74, 6) is -0.198. The number of hydrogen-bond donors (Lipinski definition) is 2. The molecule has 4 rings (SSSR count). The number of nitrogens with one attached hydrogen (secondary N) is 1. The number of nitrogens with two attached hydrogens (primary N) is 1. The molecule has 5 nitrogen and oxygen atoms in total. The molecule has 188 valence electrons. The molecule has 3 aromatic rings. The summed E-state index contributed by atoms with van der Waals surface area (Å²) in [7, 11) is -3.52. The SMILES string of the molecule is CCC(CC)NC(C(=O)C1=Cc2cc(-c3ccc(C)cc3)ccc2S(=O)(=O)CC1)c1ccc(N)cc1. The number of nitrogen functional groups attached to an aromatic ring is 1. The molecule has 0 aromatic heterocycles. The Kier molecular flexibility index (Phi) is 7.76. The van der Waals surface area contributed by atoms with E-state index < -0.39 is 15.9 Å². The lowest BCUT2D eigenvalue weighted by Crippen LogP contribution is -2.37. The van der Waals surface area contributed by atoms with Gasteiger partial charge in [-0.3, -0.25) is 4.79 Å². The van der Waals surface area contributed by atoms with Gasteiger partial charge >= 0.3 is 0 Å². The van der Waals surface area contributed by atoms with Crippen LogP contribution >= 0.6 is 0 Å². The summed E-state index contributed by atoms with van der Waals surface area (Å²) < 4.78 is 26.3. The summed E-state index contributed by atoms with van der Waals surface area (Å²) >= 11 is 0. The fraction of sp³-hybridized carbons (Fsp3) is 0.300. The van der Waals surface area contributed by atoms with Crippen molar-refractivity contribution in [3.05, 3.63) is 89.0 Å². The highest BCUT2D eigenvalue weighted by molar-refractivity contribution is 7.91. The number of fused-ring (bicyclic) bond motifs is 1. The topological polar surface area (TPSA) is 89.3 Å². The molecule has 0 bridgehead atoms. The van der Waals surface area contributed by atoms with E-state index in [-0.39, 0.29) is 28.9 Å². The first-order chi connectivity index (χ1) is 17.2. The van der Waals surface area contributed by atoms with Gasteiger partial charge in [0.05, 0.1) is 16.7 Å². The molecule has 1 unspecified atom stereocenters. The van der Waals surface area contributed by atoms with Crippen LogP contribution in [0.15, 0.2) is 77.2 Å².